The lowest BCUT2D eigenvalue weighted by Crippen LogP contribution is -2.18. The van der Waals surface area contributed by atoms with Crippen molar-refractivity contribution < 1.29 is 4.92 Å². The second-order valence-electron chi connectivity index (χ2n) is 3.96. The van der Waals surface area contributed by atoms with Gasteiger partial charge in [-0.3, -0.25) is 10.1 Å². The number of hydrogen-bond donors (Lipinski definition) is 1. The van der Waals surface area contributed by atoms with E-state index in [0.29, 0.717) is 5.69 Å². The largest absolute Gasteiger partial charge is 0.377 e. The molecule has 1 rings (SSSR count). The highest BCUT2D eigenvalue weighted by Crippen LogP contribution is 2.29. The number of nitrogens with one attached hydrogen (secondary N) is 1. The molecular formula is C12H17BrN2O2. The monoisotopic (exact) mass is 300 g/mol. The zero-order valence-electron chi connectivity index (χ0n) is 10.1. The van der Waals surface area contributed by atoms with Crippen LogP contribution in [-0.2, 0) is 0 Å². The lowest BCUT2D eigenvalue weighted by molar-refractivity contribution is -0.384. The van der Waals surface area contributed by atoms with Crippen molar-refractivity contribution in [3.05, 3.63) is 32.8 Å². The molecule has 1 unspecified atom stereocenters. The highest BCUT2D eigenvalue weighted by atomic mass is 79.9. The average Bonchev–Trinajstić information content (AvgIpc) is 2.28. The Kier molecular flexibility index (Phi) is 5.41. The molecule has 1 aromatic rings. The Hall–Kier alpha value is -1.10. The van der Waals surface area contributed by atoms with E-state index in [0.717, 1.165) is 23.7 Å². The van der Waals surface area contributed by atoms with Crippen molar-refractivity contribution in [2.24, 2.45) is 0 Å². The van der Waals surface area contributed by atoms with Crippen LogP contribution in [0.1, 0.15) is 33.1 Å². The van der Waals surface area contributed by atoms with Gasteiger partial charge in [-0.25, -0.2) is 0 Å². The van der Waals surface area contributed by atoms with Gasteiger partial charge in [0, 0.05) is 16.6 Å². The summed E-state index contributed by atoms with van der Waals surface area (Å²) in [4.78, 5) is 10.6. The normalized spacial score (nSPS) is 12.2. The van der Waals surface area contributed by atoms with Gasteiger partial charge < -0.3 is 5.32 Å². The minimum absolute atomic E-state index is 0.128. The molecule has 0 heterocycles. The molecule has 5 heteroatoms. The predicted octanol–water partition coefficient (Wildman–Crippen LogP) is 4.35. The van der Waals surface area contributed by atoms with Crippen LogP contribution in [0.2, 0.25) is 0 Å². The Morgan fingerprint density at radius 3 is 2.71 bits per heavy atom. The van der Waals surface area contributed by atoms with Crippen LogP contribution in [0.25, 0.3) is 0 Å². The Morgan fingerprint density at radius 2 is 2.18 bits per heavy atom. The number of rotatable bonds is 6. The molecule has 0 spiro atoms. The quantitative estimate of drug-likeness (QED) is 0.628. The molecular weight excluding hydrogens is 284 g/mol. The van der Waals surface area contributed by atoms with Crippen LogP contribution in [0, 0.1) is 10.1 Å². The summed E-state index contributed by atoms with van der Waals surface area (Å²) in [5.74, 6) is 0. The summed E-state index contributed by atoms with van der Waals surface area (Å²) in [6.45, 7) is 4.19. The number of nitrogens with zero attached hydrogens (tertiary/aromatic N) is 1. The molecule has 0 fully saturated rings. The molecule has 0 bridgehead atoms. The van der Waals surface area contributed by atoms with Gasteiger partial charge in [0.2, 0.25) is 0 Å². The van der Waals surface area contributed by atoms with Gasteiger partial charge in [0.05, 0.1) is 4.92 Å². The fraction of sp³-hybridized carbons (Fsp3) is 0.500. The molecule has 1 aromatic carbocycles. The number of halogens is 1. The first-order valence-electron chi connectivity index (χ1n) is 5.79. The fourth-order valence-corrected chi connectivity index (χ4v) is 2.09. The molecule has 0 radical (unpaired) electrons. The molecule has 1 N–H and O–H groups in total. The molecule has 0 amide bonds. The molecule has 94 valence electrons. The molecule has 1 atom stereocenters. The van der Waals surface area contributed by atoms with E-state index in [2.05, 4.69) is 35.1 Å². The van der Waals surface area contributed by atoms with Gasteiger partial charge in [0.15, 0.2) is 0 Å². The lowest BCUT2D eigenvalue weighted by atomic mass is 10.1. The Bertz CT molecular complexity index is 396. The van der Waals surface area contributed by atoms with Crippen molar-refractivity contribution in [3.8, 4) is 0 Å². The Labute approximate surface area is 110 Å². The number of nitro groups is 1. The van der Waals surface area contributed by atoms with Crippen molar-refractivity contribution in [2.75, 3.05) is 5.32 Å². The summed E-state index contributed by atoms with van der Waals surface area (Å²) in [5.41, 5.74) is 0.715. The smallest absolute Gasteiger partial charge is 0.292 e. The van der Waals surface area contributed by atoms with Crippen molar-refractivity contribution in [3.63, 3.8) is 0 Å². The zero-order chi connectivity index (χ0) is 12.8. The molecule has 0 saturated carbocycles. The van der Waals surface area contributed by atoms with Crippen molar-refractivity contribution in [1.82, 2.24) is 0 Å². The van der Waals surface area contributed by atoms with Crippen LogP contribution in [-0.4, -0.2) is 11.0 Å². The van der Waals surface area contributed by atoms with Crippen LogP contribution < -0.4 is 5.32 Å². The maximum atomic E-state index is 10.9. The van der Waals surface area contributed by atoms with E-state index in [4.69, 9.17) is 0 Å². The number of benzene rings is 1. The van der Waals surface area contributed by atoms with Crippen LogP contribution in [0.15, 0.2) is 22.7 Å². The third-order valence-corrected chi connectivity index (χ3v) is 3.14. The van der Waals surface area contributed by atoms with E-state index >= 15 is 0 Å². The summed E-state index contributed by atoms with van der Waals surface area (Å²) >= 11 is 3.33. The van der Waals surface area contributed by atoms with Gasteiger partial charge in [-0.05, 0) is 25.0 Å². The molecule has 0 aliphatic carbocycles. The molecule has 0 aromatic heterocycles. The third kappa shape index (κ3) is 4.00. The van der Waals surface area contributed by atoms with Crippen molar-refractivity contribution >= 4 is 27.3 Å². The summed E-state index contributed by atoms with van der Waals surface area (Å²) < 4.78 is 0.844. The number of anilines is 1. The van der Waals surface area contributed by atoms with Crippen LogP contribution in [0.4, 0.5) is 11.4 Å². The van der Waals surface area contributed by atoms with Gasteiger partial charge in [-0.1, -0.05) is 36.2 Å². The van der Waals surface area contributed by atoms with E-state index in [9.17, 15) is 10.1 Å². The zero-order valence-corrected chi connectivity index (χ0v) is 11.7. The van der Waals surface area contributed by atoms with Crippen LogP contribution in [0.3, 0.4) is 0 Å². The summed E-state index contributed by atoms with van der Waals surface area (Å²) in [7, 11) is 0. The van der Waals surface area contributed by atoms with E-state index in [1.54, 1.807) is 12.1 Å². The average molecular weight is 301 g/mol. The van der Waals surface area contributed by atoms with Crippen LogP contribution in [0.5, 0.6) is 0 Å². The second kappa shape index (κ2) is 6.59. The topological polar surface area (TPSA) is 55.2 Å². The molecule has 17 heavy (non-hydrogen) atoms. The standard InChI is InChI=1S/C12H17BrN2O2/c1-3-5-10(4-2)14-11-8-9(13)6-7-12(11)15(16)17/h6-8,10,14H,3-5H2,1-2H3. The van der Waals surface area contributed by atoms with E-state index < -0.39 is 0 Å². The van der Waals surface area contributed by atoms with E-state index in [-0.39, 0.29) is 16.7 Å². The highest BCUT2D eigenvalue weighted by Gasteiger charge is 2.16. The highest BCUT2D eigenvalue weighted by molar-refractivity contribution is 9.10. The van der Waals surface area contributed by atoms with E-state index in [1.165, 1.54) is 6.07 Å². The maximum Gasteiger partial charge on any atom is 0.292 e. The van der Waals surface area contributed by atoms with Gasteiger partial charge in [0.25, 0.3) is 5.69 Å². The summed E-state index contributed by atoms with van der Waals surface area (Å²) in [6, 6.07) is 5.25. The Balaban J connectivity index is 2.94. The number of hydrogen-bond acceptors (Lipinski definition) is 3. The first-order chi connectivity index (χ1) is 8.08. The van der Waals surface area contributed by atoms with Gasteiger partial charge in [0.1, 0.15) is 5.69 Å². The van der Waals surface area contributed by atoms with Crippen molar-refractivity contribution in [2.45, 2.75) is 39.2 Å². The molecule has 0 aliphatic heterocycles. The summed E-state index contributed by atoms with van der Waals surface area (Å²) in [5, 5.41) is 14.2. The SMILES string of the molecule is CCCC(CC)Nc1cc(Br)ccc1[N+](=O)[O-]. The fourth-order valence-electron chi connectivity index (χ4n) is 1.73. The molecule has 0 saturated heterocycles. The minimum atomic E-state index is -0.354. The summed E-state index contributed by atoms with van der Waals surface area (Å²) in [6.07, 6.45) is 3.03. The predicted molar refractivity (Wildman–Crippen MR) is 73.4 cm³/mol. The number of nitro benzene ring substituents is 1. The van der Waals surface area contributed by atoms with Gasteiger partial charge >= 0.3 is 0 Å². The first-order valence-corrected chi connectivity index (χ1v) is 6.58. The minimum Gasteiger partial charge on any atom is -0.377 e. The molecule has 0 aliphatic rings. The first kappa shape index (κ1) is 14.0. The third-order valence-electron chi connectivity index (χ3n) is 2.64. The molecule has 4 nitrogen and oxygen atoms in total. The van der Waals surface area contributed by atoms with Gasteiger partial charge in [-0.15, -0.1) is 0 Å². The Morgan fingerprint density at radius 1 is 1.47 bits per heavy atom. The lowest BCUT2D eigenvalue weighted by Gasteiger charge is -2.17. The van der Waals surface area contributed by atoms with E-state index in [1.807, 2.05) is 0 Å². The van der Waals surface area contributed by atoms with Gasteiger partial charge in [-0.2, -0.15) is 0 Å². The van der Waals surface area contributed by atoms with Crippen molar-refractivity contribution in [1.29, 1.82) is 0 Å². The maximum absolute atomic E-state index is 10.9. The second-order valence-corrected chi connectivity index (χ2v) is 4.87. The van der Waals surface area contributed by atoms with Crippen LogP contribution >= 0.6 is 15.9 Å².